The van der Waals surface area contributed by atoms with Gasteiger partial charge in [0.15, 0.2) is 0 Å². The highest BCUT2D eigenvalue weighted by Crippen LogP contribution is 2.35. The molecule has 16 heavy (non-hydrogen) atoms. The lowest BCUT2D eigenvalue weighted by molar-refractivity contribution is 0.357. The topological polar surface area (TPSA) is 12.5 Å². The zero-order valence-corrected chi connectivity index (χ0v) is 10.8. The van der Waals surface area contributed by atoms with Gasteiger partial charge in [0.25, 0.3) is 0 Å². The summed E-state index contributed by atoms with van der Waals surface area (Å²) in [5.74, 6) is 0.662. The lowest BCUT2D eigenvalue weighted by Crippen LogP contribution is -2.05. The molecular weight excluding hydrogens is 196 g/mol. The summed E-state index contributed by atoms with van der Waals surface area (Å²) in [4.78, 5) is 0. The zero-order valence-electron chi connectivity index (χ0n) is 10.8. The Kier molecular flexibility index (Phi) is 3.34. The molecule has 1 aromatic rings. The van der Waals surface area contributed by atoms with Crippen LogP contribution in [0, 0.1) is 13.8 Å². The monoisotopic (exact) mass is 218 g/mol. The third-order valence-corrected chi connectivity index (χ3v) is 3.93. The third kappa shape index (κ3) is 2.30. The first-order valence-electron chi connectivity index (χ1n) is 6.35. The summed E-state index contributed by atoms with van der Waals surface area (Å²) >= 11 is 0. The minimum absolute atomic E-state index is 0.485. The first-order valence-corrected chi connectivity index (χ1v) is 6.35. The van der Waals surface area contributed by atoms with Gasteiger partial charge in [0.05, 0.1) is 12.2 Å². The molecule has 0 saturated carbocycles. The SMILES string of the molecule is CCC(CC1OC1C)c1cccc(C)c1C. The molecule has 1 aromatic carbocycles. The lowest BCUT2D eigenvalue weighted by Gasteiger charge is -2.18. The van der Waals surface area contributed by atoms with Gasteiger partial charge in [-0.25, -0.2) is 0 Å². The summed E-state index contributed by atoms with van der Waals surface area (Å²) < 4.78 is 5.54. The molecule has 0 N–H and O–H groups in total. The molecule has 0 spiro atoms. The van der Waals surface area contributed by atoms with Crippen molar-refractivity contribution in [1.29, 1.82) is 0 Å². The number of aryl methyl sites for hydroxylation is 1. The van der Waals surface area contributed by atoms with Gasteiger partial charge in [-0.1, -0.05) is 25.1 Å². The van der Waals surface area contributed by atoms with Crippen LogP contribution in [0.15, 0.2) is 18.2 Å². The summed E-state index contributed by atoms with van der Waals surface area (Å²) in [7, 11) is 0. The van der Waals surface area contributed by atoms with Gasteiger partial charge in [0.1, 0.15) is 0 Å². The van der Waals surface area contributed by atoms with Crippen LogP contribution in [0.5, 0.6) is 0 Å². The molecule has 1 heteroatoms. The summed E-state index contributed by atoms with van der Waals surface area (Å²) in [6.07, 6.45) is 3.38. The first-order chi connectivity index (χ1) is 7.63. The Hall–Kier alpha value is -0.820. The van der Waals surface area contributed by atoms with Crippen LogP contribution in [0.25, 0.3) is 0 Å². The second-order valence-corrected chi connectivity index (χ2v) is 5.01. The van der Waals surface area contributed by atoms with Crippen molar-refractivity contribution in [2.24, 2.45) is 0 Å². The molecule has 0 radical (unpaired) electrons. The van der Waals surface area contributed by atoms with Crippen molar-refractivity contribution in [2.75, 3.05) is 0 Å². The Balaban J connectivity index is 2.16. The first kappa shape index (κ1) is 11.7. The van der Waals surface area contributed by atoms with Crippen LogP contribution in [-0.4, -0.2) is 12.2 Å². The Labute approximate surface area is 98.8 Å². The van der Waals surface area contributed by atoms with Gasteiger partial charge in [-0.2, -0.15) is 0 Å². The number of epoxide rings is 1. The highest BCUT2D eigenvalue weighted by Gasteiger charge is 2.36. The number of hydrogen-bond donors (Lipinski definition) is 0. The minimum Gasteiger partial charge on any atom is -0.370 e. The van der Waals surface area contributed by atoms with Crippen molar-refractivity contribution in [3.8, 4) is 0 Å². The molecule has 1 nitrogen and oxygen atoms in total. The molecule has 1 fully saturated rings. The van der Waals surface area contributed by atoms with Crippen LogP contribution >= 0.6 is 0 Å². The van der Waals surface area contributed by atoms with Crippen molar-refractivity contribution in [3.63, 3.8) is 0 Å². The fourth-order valence-electron chi connectivity index (χ4n) is 2.49. The van der Waals surface area contributed by atoms with Gasteiger partial charge in [-0.15, -0.1) is 0 Å². The summed E-state index contributed by atoms with van der Waals surface area (Å²) in [5.41, 5.74) is 4.38. The van der Waals surface area contributed by atoms with Crippen molar-refractivity contribution in [2.45, 2.75) is 58.7 Å². The Bertz CT molecular complexity index is 370. The normalized spacial score (nSPS) is 25.5. The average Bonchev–Trinajstić information content (AvgIpc) is 2.95. The van der Waals surface area contributed by atoms with E-state index in [1.165, 1.54) is 29.5 Å². The molecule has 1 heterocycles. The van der Waals surface area contributed by atoms with E-state index in [9.17, 15) is 0 Å². The predicted molar refractivity (Wildman–Crippen MR) is 67.9 cm³/mol. The van der Waals surface area contributed by atoms with Gasteiger partial charge in [0.2, 0.25) is 0 Å². The molecule has 3 atom stereocenters. The number of ether oxygens (including phenoxy) is 1. The van der Waals surface area contributed by atoms with Crippen LogP contribution in [0.2, 0.25) is 0 Å². The van der Waals surface area contributed by atoms with E-state index in [1.54, 1.807) is 0 Å². The van der Waals surface area contributed by atoms with Gasteiger partial charge < -0.3 is 4.74 Å². The van der Waals surface area contributed by atoms with Gasteiger partial charge in [-0.3, -0.25) is 0 Å². The fourth-order valence-corrected chi connectivity index (χ4v) is 2.49. The fraction of sp³-hybridized carbons (Fsp3) is 0.600. The zero-order chi connectivity index (χ0) is 11.7. The minimum atomic E-state index is 0.485. The quantitative estimate of drug-likeness (QED) is 0.696. The summed E-state index contributed by atoms with van der Waals surface area (Å²) in [5, 5.41) is 0. The molecule has 1 saturated heterocycles. The average molecular weight is 218 g/mol. The molecule has 0 amide bonds. The van der Waals surface area contributed by atoms with Crippen molar-refractivity contribution < 1.29 is 4.74 Å². The van der Waals surface area contributed by atoms with E-state index in [-0.39, 0.29) is 0 Å². The van der Waals surface area contributed by atoms with Gasteiger partial charge in [-0.05, 0) is 56.2 Å². The largest absolute Gasteiger partial charge is 0.370 e. The van der Waals surface area contributed by atoms with E-state index >= 15 is 0 Å². The van der Waals surface area contributed by atoms with Crippen molar-refractivity contribution in [1.82, 2.24) is 0 Å². The number of hydrogen-bond acceptors (Lipinski definition) is 1. The second-order valence-electron chi connectivity index (χ2n) is 5.01. The molecule has 1 aliphatic rings. The standard InChI is InChI=1S/C15H22O/c1-5-13(9-15-12(4)16-15)14-8-6-7-10(2)11(14)3/h6-8,12-13,15H,5,9H2,1-4H3. The maximum absolute atomic E-state index is 5.54. The van der Waals surface area contributed by atoms with E-state index in [2.05, 4.69) is 45.9 Å². The molecule has 0 aliphatic carbocycles. The molecular formula is C15H22O. The van der Waals surface area contributed by atoms with Gasteiger partial charge >= 0.3 is 0 Å². The molecule has 1 aliphatic heterocycles. The Morgan fingerprint density at radius 3 is 2.56 bits per heavy atom. The van der Waals surface area contributed by atoms with Crippen molar-refractivity contribution in [3.05, 3.63) is 34.9 Å². The third-order valence-electron chi connectivity index (χ3n) is 3.93. The Morgan fingerprint density at radius 1 is 1.31 bits per heavy atom. The maximum atomic E-state index is 5.54. The van der Waals surface area contributed by atoms with E-state index < -0.39 is 0 Å². The van der Waals surface area contributed by atoms with Crippen LogP contribution in [0.1, 0.15) is 49.3 Å². The molecule has 2 rings (SSSR count). The van der Waals surface area contributed by atoms with Crippen LogP contribution in [0.4, 0.5) is 0 Å². The van der Waals surface area contributed by atoms with E-state index in [0.29, 0.717) is 18.1 Å². The maximum Gasteiger partial charge on any atom is 0.0844 e. The molecule has 3 unspecified atom stereocenters. The number of benzene rings is 1. The van der Waals surface area contributed by atoms with Crippen LogP contribution in [-0.2, 0) is 4.74 Å². The second kappa shape index (κ2) is 4.58. The molecule has 0 bridgehead atoms. The molecule has 0 aromatic heterocycles. The Morgan fingerprint density at radius 2 is 2.00 bits per heavy atom. The highest BCUT2D eigenvalue weighted by atomic mass is 16.6. The van der Waals surface area contributed by atoms with E-state index in [1.807, 2.05) is 0 Å². The van der Waals surface area contributed by atoms with Crippen molar-refractivity contribution >= 4 is 0 Å². The summed E-state index contributed by atoms with van der Waals surface area (Å²) in [6.45, 7) is 8.88. The van der Waals surface area contributed by atoms with Crippen LogP contribution < -0.4 is 0 Å². The van der Waals surface area contributed by atoms with E-state index in [4.69, 9.17) is 4.74 Å². The predicted octanol–water partition coefficient (Wildman–Crippen LogP) is 3.97. The highest BCUT2D eigenvalue weighted by molar-refractivity contribution is 5.35. The van der Waals surface area contributed by atoms with Crippen LogP contribution in [0.3, 0.4) is 0 Å². The summed E-state index contributed by atoms with van der Waals surface area (Å²) in [6, 6.07) is 6.66. The molecule has 88 valence electrons. The van der Waals surface area contributed by atoms with Gasteiger partial charge in [0, 0.05) is 0 Å². The van der Waals surface area contributed by atoms with E-state index in [0.717, 1.165) is 0 Å². The lowest BCUT2D eigenvalue weighted by atomic mass is 9.87. The smallest absolute Gasteiger partial charge is 0.0844 e. The number of rotatable bonds is 4.